The molecule has 5 heteroatoms. The lowest BCUT2D eigenvalue weighted by atomic mass is 9.99. The van der Waals surface area contributed by atoms with Crippen molar-refractivity contribution in [3.05, 3.63) is 65.2 Å². The van der Waals surface area contributed by atoms with Crippen LogP contribution in [0.25, 0.3) is 0 Å². The van der Waals surface area contributed by atoms with Gasteiger partial charge >= 0.3 is 6.18 Å². The van der Waals surface area contributed by atoms with E-state index in [0.717, 1.165) is 6.07 Å². The number of ether oxygens (including phenoxy) is 1. The van der Waals surface area contributed by atoms with E-state index in [1.165, 1.54) is 12.1 Å². The highest BCUT2D eigenvalue weighted by molar-refractivity contribution is 5.32. The molecule has 0 radical (unpaired) electrons. The molecule has 2 aromatic carbocycles. The number of hydrogen-bond donors (Lipinski definition) is 1. The van der Waals surface area contributed by atoms with Gasteiger partial charge in [-0.15, -0.1) is 0 Å². The predicted molar refractivity (Wildman–Crippen MR) is 77.5 cm³/mol. The average molecular weight is 310 g/mol. The van der Waals surface area contributed by atoms with Gasteiger partial charge in [0.05, 0.1) is 11.2 Å². The second-order valence-corrected chi connectivity index (χ2v) is 5.53. The number of benzene rings is 2. The van der Waals surface area contributed by atoms with E-state index in [1.54, 1.807) is 44.2 Å². The molecule has 2 rings (SSSR count). The van der Waals surface area contributed by atoms with Crippen molar-refractivity contribution in [3.8, 4) is 5.75 Å². The Kier molecular flexibility index (Phi) is 4.47. The molecule has 0 aliphatic heterocycles. The number of alkyl halides is 3. The van der Waals surface area contributed by atoms with Gasteiger partial charge in [0, 0.05) is 5.56 Å². The minimum absolute atomic E-state index is 0.0848. The van der Waals surface area contributed by atoms with Gasteiger partial charge in [-0.2, -0.15) is 13.2 Å². The first kappa shape index (κ1) is 16.4. The second-order valence-electron chi connectivity index (χ2n) is 5.53. The zero-order chi connectivity index (χ0) is 16.4. The van der Waals surface area contributed by atoms with E-state index in [2.05, 4.69) is 0 Å². The molecule has 1 N–H and O–H groups in total. The summed E-state index contributed by atoms with van der Waals surface area (Å²) in [5, 5.41) is 9.85. The monoisotopic (exact) mass is 310 g/mol. The molecular formula is C17H17F3O2. The third-order valence-corrected chi connectivity index (χ3v) is 3.28. The second kappa shape index (κ2) is 6.01. The van der Waals surface area contributed by atoms with Crippen LogP contribution in [0.15, 0.2) is 48.5 Å². The van der Waals surface area contributed by atoms with Crippen LogP contribution in [0.3, 0.4) is 0 Å². The maximum Gasteiger partial charge on any atom is 0.416 e. The Balaban J connectivity index is 2.11. The SMILES string of the molecule is CC(C)(O)c1ccc(OCc2ccccc2C(F)(F)F)cc1. The smallest absolute Gasteiger partial charge is 0.416 e. The summed E-state index contributed by atoms with van der Waals surface area (Å²) < 4.78 is 44.0. The molecule has 0 saturated heterocycles. The van der Waals surface area contributed by atoms with Crippen LogP contribution in [0.1, 0.15) is 30.5 Å². The molecule has 0 aliphatic carbocycles. The Bertz CT molecular complexity index is 626. The van der Waals surface area contributed by atoms with E-state index in [0.29, 0.717) is 11.3 Å². The molecule has 2 nitrogen and oxygen atoms in total. The summed E-state index contributed by atoms with van der Waals surface area (Å²) in [6.07, 6.45) is -4.40. The van der Waals surface area contributed by atoms with Crippen molar-refractivity contribution in [2.24, 2.45) is 0 Å². The third kappa shape index (κ3) is 4.01. The van der Waals surface area contributed by atoms with Gasteiger partial charge in [0.1, 0.15) is 12.4 Å². The van der Waals surface area contributed by atoms with E-state index >= 15 is 0 Å². The summed E-state index contributed by atoms with van der Waals surface area (Å²) in [7, 11) is 0. The van der Waals surface area contributed by atoms with Crippen molar-refractivity contribution in [2.45, 2.75) is 32.2 Å². The highest BCUT2D eigenvalue weighted by Crippen LogP contribution is 2.32. The Morgan fingerprint density at radius 1 is 0.955 bits per heavy atom. The predicted octanol–water partition coefficient (Wildman–Crippen LogP) is 4.51. The summed E-state index contributed by atoms with van der Waals surface area (Å²) in [4.78, 5) is 0. The fraction of sp³-hybridized carbons (Fsp3) is 0.294. The van der Waals surface area contributed by atoms with Crippen LogP contribution in [0.5, 0.6) is 5.75 Å². The molecule has 0 unspecified atom stereocenters. The number of halogens is 3. The Hall–Kier alpha value is -2.01. The van der Waals surface area contributed by atoms with Gasteiger partial charge in [-0.05, 0) is 37.6 Å². The average Bonchev–Trinajstić information content (AvgIpc) is 2.44. The highest BCUT2D eigenvalue weighted by atomic mass is 19.4. The molecule has 22 heavy (non-hydrogen) atoms. The molecule has 0 spiro atoms. The Morgan fingerprint density at radius 3 is 2.09 bits per heavy atom. The van der Waals surface area contributed by atoms with Crippen molar-refractivity contribution >= 4 is 0 Å². The fourth-order valence-corrected chi connectivity index (χ4v) is 2.04. The molecule has 0 fully saturated rings. The summed E-state index contributed by atoms with van der Waals surface area (Å²) >= 11 is 0. The normalized spacial score (nSPS) is 12.3. The van der Waals surface area contributed by atoms with Crippen LogP contribution in [-0.2, 0) is 18.4 Å². The molecule has 0 atom stereocenters. The summed E-state index contributed by atoms with van der Waals surface area (Å²) in [5.41, 5.74) is -0.873. The maximum atomic E-state index is 12.9. The van der Waals surface area contributed by atoms with Crippen molar-refractivity contribution in [1.82, 2.24) is 0 Å². The number of hydrogen-bond acceptors (Lipinski definition) is 2. The van der Waals surface area contributed by atoms with E-state index in [4.69, 9.17) is 4.74 Å². The lowest BCUT2D eigenvalue weighted by Gasteiger charge is -2.18. The summed E-state index contributed by atoms with van der Waals surface area (Å²) in [5.74, 6) is 0.449. The lowest BCUT2D eigenvalue weighted by Crippen LogP contribution is -2.15. The molecule has 0 heterocycles. The molecule has 0 bridgehead atoms. The zero-order valence-electron chi connectivity index (χ0n) is 12.3. The minimum atomic E-state index is -4.40. The first-order valence-electron chi connectivity index (χ1n) is 6.79. The van der Waals surface area contributed by atoms with Crippen LogP contribution < -0.4 is 4.74 Å². The zero-order valence-corrected chi connectivity index (χ0v) is 12.3. The largest absolute Gasteiger partial charge is 0.489 e. The lowest BCUT2D eigenvalue weighted by molar-refractivity contribution is -0.138. The first-order chi connectivity index (χ1) is 10.2. The van der Waals surface area contributed by atoms with Crippen LogP contribution in [0, 0.1) is 0 Å². The maximum absolute atomic E-state index is 12.9. The van der Waals surface area contributed by atoms with Crippen LogP contribution in [-0.4, -0.2) is 5.11 Å². The van der Waals surface area contributed by atoms with Gasteiger partial charge < -0.3 is 9.84 Å². The van der Waals surface area contributed by atoms with E-state index in [1.807, 2.05) is 0 Å². The molecule has 0 saturated carbocycles. The van der Waals surface area contributed by atoms with Gasteiger partial charge in [-0.3, -0.25) is 0 Å². The molecule has 0 amide bonds. The fourth-order valence-electron chi connectivity index (χ4n) is 2.04. The van der Waals surface area contributed by atoms with Crippen LogP contribution in [0.2, 0.25) is 0 Å². The third-order valence-electron chi connectivity index (χ3n) is 3.28. The molecule has 118 valence electrons. The molecular weight excluding hydrogens is 293 g/mol. The van der Waals surface area contributed by atoms with Gasteiger partial charge in [0.15, 0.2) is 0 Å². The minimum Gasteiger partial charge on any atom is -0.489 e. The quantitative estimate of drug-likeness (QED) is 0.900. The van der Waals surface area contributed by atoms with Crippen molar-refractivity contribution in [1.29, 1.82) is 0 Å². The summed E-state index contributed by atoms with van der Waals surface area (Å²) in [6, 6.07) is 12.0. The standard InChI is InChI=1S/C17H17F3O2/c1-16(2,21)13-7-9-14(10-8-13)22-11-12-5-3-4-6-15(12)17(18,19)20/h3-10,21H,11H2,1-2H3. The van der Waals surface area contributed by atoms with Crippen molar-refractivity contribution < 1.29 is 23.0 Å². The topological polar surface area (TPSA) is 29.5 Å². The Morgan fingerprint density at radius 2 is 1.55 bits per heavy atom. The van der Waals surface area contributed by atoms with Crippen molar-refractivity contribution in [3.63, 3.8) is 0 Å². The molecule has 0 aliphatic rings. The van der Waals surface area contributed by atoms with E-state index in [9.17, 15) is 18.3 Å². The summed E-state index contributed by atoms with van der Waals surface area (Å²) in [6.45, 7) is 3.14. The number of aliphatic hydroxyl groups is 1. The molecule has 0 aromatic heterocycles. The van der Waals surface area contributed by atoms with E-state index in [-0.39, 0.29) is 12.2 Å². The van der Waals surface area contributed by atoms with Gasteiger partial charge in [-0.25, -0.2) is 0 Å². The van der Waals surface area contributed by atoms with Crippen LogP contribution in [0.4, 0.5) is 13.2 Å². The van der Waals surface area contributed by atoms with Gasteiger partial charge in [0.2, 0.25) is 0 Å². The highest BCUT2D eigenvalue weighted by Gasteiger charge is 2.32. The van der Waals surface area contributed by atoms with E-state index < -0.39 is 17.3 Å². The van der Waals surface area contributed by atoms with Gasteiger partial charge in [-0.1, -0.05) is 30.3 Å². The molecule has 2 aromatic rings. The Labute approximate surface area is 127 Å². The number of rotatable bonds is 4. The van der Waals surface area contributed by atoms with Crippen molar-refractivity contribution in [2.75, 3.05) is 0 Å². The van der Waals surface area contributed by atoms with Gasteiger partial charge in [0.25, 0.3) is 0 Å². The van der Waals surface area contributed by atoms with Crippen LogP contribution >= 0.6 is 0 Å². The first-order valence-corrected chi connectivity index (χ1v) is 6.79.